The van der Waals surface area contributed by atoms with E-state index in [1.165, 1.54) is 0 Å². The summed E-state index contributed by atoms with van der Waals surface area (Å²) in [4.78, 5) is 14.9. The second-order valence-electron chi connectivity index (χ2n) is 5.64. The van der Waals surface area contributed by atoms with Crippen molar-refractivity contribution in [3.63, 3.8) is 0 Å². The summed E-state index contributed by atoms with van der Waals surface area (Å²) in [7, 11) is 1.69. The molecular formula is C14H22N2O4. The molecule has 1 fully saturated rings. The quantitative estimate of drug-likeness (QED) is 0.863. The van der Waals surface area contributed by atoms with E-state index in [0.717, 1.165) is 25.7 Å². The van der Waals surface area contributed by atoms with E-state index in [1.807, 2.05) is 0 Å². The van der Waals surface area contributed by atoms with Gasteiger partial charge in [0.1, 0.15) is 5.60 Å². The first-order chi connectivity index (χ1) is 9.55. The number of ether oxygens (including phenoxy) is 1. The van der Waals surface area contributed by atoms with Crippen molar-refractivity contribution in [3.05, 3.63) is 11.7 Å². The number of aliphatic carboxylic acids is 1. The van der Waals surface area contributed by atoms with Crippen LogP contribution in [0.1, 0.15) is 57.2 Å². The first kappa shape index (κ1) is 15.0. The van der Waals surface area contributed by atoms with Gasteiger partial charge >= 0.3 is 5.97 Å². The first-order valence-corrected chi connectivity index (χ1v) is 7.16. The molecule has 0 radical (unpaired) electrons. The van der Waals surface area contributed by atoms with Crippen LogP contribution in [0.25, 0.3) is 0 Å². The number of aromatic nitrogens is 2. The van der Waals surface area contributed by atoms with Crippen molar-refractivity contribution in [3.8, 4) is 0 Å². The molecule has 6 heteroatoms. The molecule has 1 N–H and O–H groups in total. The standard InChI is InChI=1S/C14H22N2O4/c1-10-6-8-14(19-2,9-7-10)13-15-11(20-16-13)4-3-5-12(17)18/h10H,3-9H2,1-2H3,(H,17,18). The molecule has 0 aliphatic heterocycles. The number of carboxylic acids is 1. The Balaban J connectivity index is 2.01. The van der Waals surface area contributed by atoms with Crippen molar-refractivity contribution in [1.82, 2.24) is 10.1 Å². The van der Waals surface area contributed by atoms with Crippen molar-refractivity contribution < 1.29 is 19.2 Å². The van der Waals surface area contributed by atoms with E-state index in [1.54, 1.807) is 7.11 Å². The molecule has 1 heterocycles. The van der Waals surface area contributed by atoms with E-state index in [0.29, 0.717) is 30.5 Å². The lowest BCUT2D eigenvalue weighted by Gasteiger charge is -2.35. The molecule has 1 aromatic rings. The van der Waals surface area contributed by atoms with Crippen LogP contribution in [0.2, 0.25) is 0 Å². The van der Waals surface area contributed by atoms with Gasteiger partial charge in [0.25, 0.3) is 0 Å². The minimum atomic E-state index is -0.806. The molecule has 0 unspecified atom stereocenters. The molecule has 0 aromatic carbocycles. The lowest BCUT2D eigenvalue weighted by Crippen LogP contribution is -2.34. The summed E-state index contributed by atoms with van der Waals surface area (Å²) in [5, 5.41) is 12.7. The van der Waals surface area contributed by atoms with Gasteiger partial charge in [-0.15, -0.1) is 0 Å². The zero-order chi connectivity index (χ0) is 14.6. The topological polar surface area (TPSA) is 85.5 Å². The molecule has 1 aliphatic rings. The Bertz CT molecular complexity index is 450. The van der Waals surface area contributed by atoms with Crippen molar-refractivity contribution in [2.75, 3.05) is 7.11 Å². The second kappa shape index (κ2) is 6.35. The lowest BCUT2D eigenvalue weighted by molar-refractivity contribution is -0.137. The number of nitrogens with zero attached hydrogens (tertiary/aromatic N) is 2. The summed E-state index contributed by atoms with van der Waals surface area (Å²) in [6.07, 6.45) is 5.11. The molecule has 0 spiro atoms. The van der Waals surface area contributed by atoms with E-state index >= 15 is 0 Å². The normalized spacial score (nSPS) is 26.6. The van der Waals surface area contributed by atoms with Crippen molar-refractivity contribution in [2.45, 2.75) is 57.5 Å². The Morgan fingerprint density at radius 2 is 2.20 bits per heavy atom. The van der Waals surface area contributed by atoms with Gasteiger partial charge in [-0.05, 0) is 38.0 Å². The van der Waals surface area contributed by atoms with Gasteiger partial charge in [0, 0.05) is 20.0 Å². The summed E-state index contributed by atoms with van der Waals surface area (Å²) >= 11 is 0. The molecule has 0 atom stereocenters. The summed E-state index contributed by atoms with van der Waals surface area (Å²) < 4.78 is 10.9. The van der Waals surface area contributed by atoms with Crippen LogP contribution in [0.5, 0.6) is 0 Å². The second-order valence-corrected chi connectivity index (χ2v) is 5.64. The highest BCUT2D eigenvalue weighted by Gasteiger charge is 2.40. The van der Waals surface area contributed by atoms with E-state index in [9.17, 15) is 4.79 Å². The summed E-state index contributed by atoms with van der Waals surface area (Å²) in [6, 6.07) is 0. The van der Waals surface area contributed by atoms with Crippen molar-refractivity contribution in [2.24, 2.45) is 5.92 Å². The van der Waals surface area contributed by atoms with Crippen LogP contribution in [0.15, 0.2) is 4.52 Å². The number of carbonyl (C=O) groups is 1. The van der Waals surface area contributed by atoms with Crippen LogP contribution >= 0.6 is 0 Å². The third-order valence-electron chi connectivity index (χ3n) is 4.13. The maximum atomic E-state index is 10.5. The van der Waals surface area contributed by atoms with E-state index < -0.39 is 11.6 Å². The predicted octanol–water partition coefficient (Wildman–Crippen LogP) is 2.53. The number of hydrogen-bond acceptors (Lipinski definition) is 5. The highest BCUT2D eigenvalue weighted by molar-refractivity contribution is 5.66. The van der Waals surface area contributed by atoms with Crippen LogP contribution < -0.4 is 0 Å². The minimum absolute atomic E-state index is 0.116. The van der Waals surface area contributed by atoms with Gasteiger partial charge in [0.15, 0.2) is 0 Å². The summed E-state index contributed by atoms with van der Waals surface area (Å²) in [5.74, 6) is 1.01. The lowest BCUT2D eigenvalue weighted by atomic mass is 9.79. The Morgan fingerprint density at radius 3 is 2.80 bits per heavy atom. The SMILES string of the molecule is COC1(c2noc(CCCC(=O)O)n2)CCC(C)CC1. The zero-order valence-corrected chi connectivity index (χ0v) is 12.1. The number of rotatable bonds is 6. The zero-order valence-electron chi connectivity index (χ0n) is 12.1. The molecular weight excluding hydrogens is 260 g/mol. The third kappa shape index (κ3) is 3.36. The first-order valence-electron chi connectivity index (χ1n) is 7.16. The van der Waals surface area contributed by atoms with Crippen LogP contribution in [0.3, 0.4) is 0 Å². The molecule has 6 nitrogen and oxygen atoms in total. The molecule has 0 amide bonds. The molecule has 1 saturated carbocycles. The van der Waals surface area contributed by atoms with Gasteiger partial charge in [0.2, 0.25) is 11.7 Å². The summed E-state index contributed by atoms with van der Waals surface area (Å²) in [5.41, 5.74) is -0.430. The van der Waals surface area contributed by atoms with E-state index in [4.69, 9.17) is 14.4 Å². The maximum absolute atomic E-state index is 10.5. The van der Waals surface area contributed by atoms with Crippen LogP contribution in [0.4, 0.5) is 0 Å². The highest BCUT2D eigenvalue weighted by Crippen LogP contribution is 2.40. The maximum Gasteiger partial charge on any atom is 0.303 e. The van der Waals surface area contributed by atoms with Gasteiger partial charge < -0.3 is 14.4 Å². The number of hydrogen-bond donors (Lipinski definition) is 1. The monoisotopic (exact) mass is 282 g/mol. The molecule has 2 rings (SSSR count). The predicted molar refractivity (Wildman–Crippen MR) is 71.2 cm³/mol. The third-order valence-corrected chi connectivity index (χ3v) is 4.13. The Hall–Kier alpha value is -1.43. The Kier molecular flexibility index (Phi) is 4.75. The molecule has 1 aromatic heterocycles. The number of carboxylic acid groups (broad SMARTS) is 1. The van der Waals surface area contributed by atoms with Gasteiger partial charge in [-0.25, -0.2) is 0 Å². The summed E-state index contributed by atoms with van der Waals surface area (Å²) in [6.45, 7) is 2.24. The molecule has 20 heavy (non-hydrogen) atoms. The highest BCUT2D eigenvalue weighted by atomic mass is 16.5. The van der Waals surface area contributed by atoms with Crippen molar-refractivity contribution in [1.29, 1.82) is 0 Å². The van der Waals surface area contributed by atoms with Crippen LogP contribution in [-0.2, 0) is 21.6 Å². The fourth-order valence-electron chi connectivity index (χ4n) is 2.68. The molecule has 112 valence electrons. The average molecular weight is 282 g/mol. The van der Waals surface area contributed by atoms with E-state index in [-0.39, 0.29) is 6.42 Å². The van der Waals surface area contributed by atoms with Crippen molar-refractivity contribution >= 4 is 5.97 Å². The van der Waals surface area contributed by atoms with Crippen LogP contribution in [0, 0.1) is 5.92 Å². The average Bonchev–Trinajstić information content (AvgIpc) is 2.89. The largest absolute Gasteiger partial charge is 0.481 e. The van der Waals surface area contributed by atoms with E-state index in [2.05, 4.69) is 17.1 Å². The molecule has 1 aliphatic carbocycles. The number of aryl methyl sites for hydroxylation is 1. The Morgan fingerprint density at radius 1 is 1.50 bits per heavy atom. The molecule has 0 saturated heterocycles. The smallest absolute Gasteiger partial charge is 0.303 e. The minimum Gasteiger partial charge on any atom is -0.481 e. The number of methoxy groups -OCH3 is 1. The molecule has 0 bridgehead atoms. The fraction of sp³-hybridized carbons (Fsp3) is 0.786. The van der Waals surface area contributed by atoms with Gasteiger partial charge in [-0.3, -0.25) is 4.79 Å². The fourth-order valence-corrected chi connectivity index (χ4v) is 2.68. The van der Waals surface area contributed by atoms with Gasteiger partial charge in [-0.1, -0.05) is 12.1 Å². The van der Waals surface area contributed by atoms with Crippen LogP contribution in [-0.4, -0.2) is 28.3 Å². The van der Waals surface area contributed by atoms with Gasteiger partial charge in [0.05, 0.1) is 0 Å². The van der Waals surface area contributed by atoms with Gasteiger partial charge in [-0.2, -0.15) is 4.98 Å². The Labute approximate surface area is 118 Å².